The Morgan fingerprint density at radius 1 is 0.923 bits per heavy atom. The summed E-state index contributed by atoms with van der Waals surface area (Å²) >= 11 is 0. The summed E-state index contributed by atoms with van der Waals surface area (Å²) in [5, 5.41) is 2.67. The van der Waals surface area contributed by atoms with Gasteiger partial charge in [-0.05, 0) is 37.3 Å². The summed E-state index contributed by atoms with van der Waals surface area (Å²) in [6, 6.07) is 11.7. The lowest BCUT2D eigenvalue weighted by Crippen LogP contribution is -2.30. The molecule has 0 saturated heterocycles. The van der Waals surface area contributed by atoms with Crippen molar-refractivity contribution in [3.63, 3.8) is 0 Å². The van der Waals surface area contributed by atoms with E-state index in [0.717, 1.165) is 0 Å². The molecule has 1 unspecified atom stereocenters. The first kappa shape index (κ1) is 19.1. The van der Waals surface area contributed by atoms with Gasteiger partial charge in [0.2, 0.25) is 0 Å². The maximum absolute atomic E-state index is 12.4. The molecule has 0 spiro atoms. The molecule has 7 nitrogen and oxygen atoms in total. The van der Waals surface area contributed by atoms with E-state index in [2.05, 4.69) is 5.32 Å². The van der Waals surface area contributed by atoms with Gasteiger partial charge in [-0.3, -0.25) is 4.79 Å². The Labute approximate surface area is 151 Å². The van der Waals surface area contributed by atoms with Crippen LogP contribution in [-0.4, -0.2) is 39.3 Å². The number of nitrogens with one attached hydrogen (secondary N) is 1. The third-order valence-electron chi connectivity index (χ3n) is 3.64. The molecule has 138 valence electrons. The zero-order valence-corrected chi connectivity index (χ0v) is 15.1. The normalized spacial score (nSPS) is 11.2. The number of benzene rings is 2. The highest BCUT2D eigenvalue weighted by Crippen LogP contribution is 2.26. The Kier molecular flexibility index (Phi) is 6.43. The summed E-state index contributed by atoms with van der Waals surface area (Å²) in [4.78, 5) is 24.7. The molecule has 0 saturated carbocycles. The van der Waals surface area contributed by atoms with Crippen LogP contribution in [0.1, 0.15) is 17.3 Å². The largest absolute Gasteiger partial charge is 0.497 e. The van der Waals surface area contributed by atoms with E-state index >= 15 is 0 Å². The third-order valence-corrected chi connectivity index (χ3v) is 3.64. The lowest BCUT2D eigenvalue weighted by molar-refractivity contribution is -0.123. The van der Waals surface area contributed by atoms with Crippen molar-refractivity contribution < 1.29 is 28.5 Å². The summed E-state index contributed by atoms with van der Waals surface area (Å²) in [5.74, 6) is 0.138. The molecule has 1 N–H and O–H groups in total. The molecule has 0 bridgehead atoms. The van der Waals surface area contributed by atoms with Crippen molar-refractivity contribution in [2.24, 2.45) is 0 Å². The molecule has 0 fully saturated rings. The Bertz CT molecular complexity index is 789. The number of hydrogen-bond donors (Lipinski definition) is 1. The number of esters is 1. The molecule has 26 heavy (non-hydrogen) atoms. The Morgan fingerprint density at radius 3 is 2.27 bits per heavy atom. The summed E-state index contributed by atoms with van der Waals surface area (Å²) in [5.41, 5.74) is 0.658. The molecule has 7 heteroatoms. The minimum absolute atomic E-state index is 0.170. The van der Waals surface area contributed by atoms with Crippen molar-refractivity contribution in [2.45, 2.75) is 13.0 Å². The second kappa shape index (κ2) is 8.75. The minimum atomic E-state index is -1.02. The maximum Gasteiger partial charge on any atom is 0.342 e. The molecular weight excluding hydrogens is 338 g/mol. The molecule has 0 heterocycles. The van der Waals surface area contributed by atoms with Crippen LogP contribution in [0.2, 0.25) is 0 Å². The zero-order chi connectivity index (χ0) is 19.1. The number of ether oxygens (including phenoxy) is 4. The first-order chi connectivity index (χ1) is 12.5. The van der Waals surface area contributed by atoms with Crippen molar-refractivity contribution >= 4 is 17.6 Å². The van der Waals surface area contributed by atoms with Crippen molar-refractivity contribution in [1.82, 2.24) is 0 Å². The summed E-state index contributed by atoms with van der Waals surface area (Å²) in [7, 11) is 4.43. The molecule has 0 aliphatic heterocycles. The highest BCUT2D eigenvalue weighted by atomic mass is 16.5. The second-order valence-corrected chi connectivity index (χ2v) is 5.30. The fourth-order valence-corrected chi connectivity index (χ4v) is 2.23. The van der Waals surface area contributed by atoms with Crippen molar-refractivity contribution in [1.29, 1.82) is 0 Å². The minimum Gasteiger partial charge on any atom is -0.497 e. The number of anilines is 1. The van der Waals surface area contributed by atoms with Gasteiger partial charge in [-0.25, -0.2) is 4.79 Å². The SMILES string of the molecule is COc1ccc(OC)c(C(=O)OC(C)C(=O)Nc2ccccc2OC)c1. The quantitative estimate of drug-likeness (QED) is 0.766. The van der Waals surface area contributed by atoms with Crippen LogP contribution in [-0.2, 0) is 9.53 Å². The Balaban J connectivity index is 2.10. The number of hydrogen-bond acceptors (Lipinski definition) is 6. The Hall–Kier alpha value is -3.22. The standard InChI is InChI=1S/C19H21NO6/c1-12(18(21)20-15-7-5-6-8-17(15)25-4)26-19(22)14-11-13(23-2)9-10-16(14)24-3/h5-12H,1-4H3,(H,20,21). The summed E-state index contributed by atoms with van der Waals surface area (Å²) in [6.07, 6.45) is -1.02. The second-order valence-electron chi connectivity index (χ2n) is 5.30. The van der Waals surface area contributed by atoms with E-state index in [1.54, 1.807) is 36.4 Å². The molecule has 0 aromatic heterocycles. The zero-order valence-electron chi connectivity index (χ0n) is 15.1. The number of para-hydroxylation sites is 2. The fourth-order valence-electron chi connectivity index (χ4n) is 2.23. The van der Waals surface area contributed by atoms with Crippen LogP contribution in [0, 0.1) is 0 Å². The predicted octanol–water partition coefficient (Wildman–Crippen LogP) is 2.90. The van der Waals surface area contributed by atoms with Crippen LogP contribution in [0.15, 0.2) is 42.5 Å². The number of carbonyl (C=O) groups excluding carboxylic acids is 2. The van der Waals surface area contributed by atoms with E-state index < -0.39 is 18.0 Å². The van der Waals surface area contributed by atoms with E-state index in [4.69, 9.17) is 18.9 Å². The molecule has 1 atom stereocenters. The van der Waals surface area contributed by atoms with E-state index in [-0.39, 0.29) is 5.56 Å². The van der Waals surface area contributed by atoms with Gasteiger partial charge in [0, 0.05) is 0 Å². The van der Waals surface area contributed by atoms with E-state index in [1.807, 2.05) is 0 Å². The average Bonchev–Trinajstić information content (AvgIpc) is 2.67. The number of carbonyl (C=O) groups is 2. The van der Waals surface area contributed by atoms with Crippen LogP contribution in [0.3, 0.4) is 0 Å². The van der Waals surface area contributed by atoms with Gasteiger partial charge in [-0.2, -0.15) is 0 Å². The van der Waals surface area contributed by atoms with Gasteiger partial charge in [0.05, 0.1) is 27.0 Å². The molecule has 0 radical (unpaired) electrons. The van der Waals surface area contributed by atoms with Crippen LogP contribution in [0.25, 0.3) is 0 Å². The first-order valence-electron chi connectivity index (χ1n) is 7.87. The Morgan fingerprint density at radius 2 is 1.62 bits per heavy atom. The first-order valence-corrected chi connectivity index (χ1v) is 7.87. The average molecular weight is 359 g/mol. The van der Waals surface area contributed by atoms with Gasteiger partial charge in [0.1, 0.15) is 22.8 Å². The van der Waals surface area contributed by atoms with Gasteiger partial charge in [0.25, 0.3) is 5.91 Å². The van der Waals surface area contributed by atoms with Gasteiger partial charge < -0.3 is 24.3 Å². The highest BCUT2D eigenvalue weighted by molar-refractivity contribution is 5.99. The van der Waals surface area contributed by atoms with Crippen LogP contribution < -0.4 is 19.5 Å². The third kappa shape index (κ3) is 4.44. The van der Waals surface area contributed by atoms with Gasteiger partial charge in [-0.1, -0.05) is 12.1 Å². The van der Waals surface area contributed by atoms with E-state index in [9.17, 15) is 9.59 Å². The van der Waals surface area contributed by atoms with E-state index in [0.29, 0.717) is 22.9 Å². The fraction of sp³-hybridized carbons (Fsp3) is 0.263. The van der Waals surface area contributed by atoms with Gasteiger partial charge in [0.15, 0.2) is 6.10 Å². The lowest BCUT2D eigenvalue weighted by Gasteiger charge is -2.16. The van der Waals surface area contributed by atoms with Crippen LogP contribution >= 0.6 is 0 Å². The van der Waals surface area contributed by atoms with E-state index in [1.165, 1.54) is 34.3 Å². The number of amides is 1. The number of rotatable bonds is 7. The smallest absolute Gasteiger partial charge is 0.342 e. The number of methoxy groups -OCH3 is 3. The molecule has 0 aliphatic rings. The van der Waals surface area contributed by atoms with Crippen molar-refractivity contribution in [3.8, 4) is 17.2 Å². The molecule has 1 amide bonds. The van der Waals surface area contributed by atoms with Gasteiger partial charge >= 0.3 is 5.97 Å². The maximum atomic E-state index is 12.4. The molecule has 2 aromatic carbocycles. The topological polar surface area (TPSA) is 83.1 Å². The van der Waals surface area contributed by atoms with Crippen molar-refractivity contribution in [2.75, 3.05) is 26.6 Å². The van der Waals surface area contributed by atoms with Crippen molar-refractivity contribution in [3.05, 3.63) is 48.0 Å². The molecule has 2 rings (SSSR count). The lowest BCUT2D eigenvalue weighted by atomic mass is 10.2. The van der Waals surface area contributed by atoms with Gasteiger partial charge in [-0.15, -0.1) is 0 Å². The molecule has 0 aliphatic carbocycles. The monoisotopic (exact) mass is 359 g/mol. The summed E-state index contributed by atoms with van der Waals surface area (Å²) < 4.78 is 20.7. The highest BCUT2D eigenvalue weighted by Gasteiger charge is 2.22. The van der Waals surface area contributed by atoms with Crippen LogP contribution in [0.4, 0.5) is 5.69 Å². The van der Waals surface area contributed by atoms with Crippen LogP contribution in [0.5, 0.6) is 17.2 Å². The molecule has 2 aromatic rings. The molecular formula is C19H21NO6. The summed E-state index contributed by atoms with van der Waals surface area (Å²) in [6.45, 7) is 1.48. The predicted molar refractivity (Wildman–Crippen MR) is 96.0 cm³/mol.